The van der Waals surface area contributed by atoms with E-state index in [0.29, 0.717) is 17.2 Å². The molecule has 0 unspecified atom stereocenters. The van der Waals surface area contributed by atoms with Crippen LogP contribution < -0.4 is 15.6 Å². The first kappa shape index (κ1) is 16.1. The van der Waals surface area contributed by atoms with Crippen molar-refractivity contribution in [3.63, 3.8) is 0 Å². The molecule has 0 aliphatic carbocycles. The van der Waals surface area contributed by atoms with Gasteiger partial charge in [-0.1, -0.05) is 42.5 Å². The van der Waals surface area contributed by atoms with Gasteiger partial charge in [0.05, 0.1) is 12.7 Å². The topological polar surface area (TPSA) is 84.1 Å². The lowest BCUT2D eigenvalue weighted by Crippen LogP contribution is -2.31. The number of rotatable bonds is 3. The predicted molar refractivity (Wildman–Crippen MR) is 98.4 cm³/mol. The Morgan fingerprint density at radius 2 is 1.77 bits per heavy atom. The smallest absolute Gasteiger partial charge is 0.257 e. The van der Waals surface area contributed by atoms with Crippen LogP contribution in [-0.4, -0.2) is 23.0 Å². The van der Waals surface area contributed by atoms with Crippen molar-refractivity contribution in [1.82, 2.24) is 9.97 Å². The number of nitrogens with zero attached hydrogens (tertiary/aromatic N) is 1. The molecule has 2 heterocycles. The van der Waals surface area contributed by atoms with Gasteiger partial charge in [0, 0.05) is 17.9 Å². The van der Waals surface area contributed by atoms with Gasteiger partial charge in [-0.3, -0.25) is 9.59 Å². The minimum Gasteiger partial charge on any atom is -0.497 e. The van der Waals surface area contributed by atoms with Gasteiger partial charge in [0.1, 0.15) is 17.4 Å². The van der Waals surface area contributed by atoms with Crippen LogP contribution >= 0.6 is 0 Å². The van der Waals surface area contributed by atoms with Crippen LogP contribution in [0.5, 0.6) is 5.75 Å². The molecule has 4 rings (SSSR count). The molecule has 0 saturated heterocycles. The number of anilines is 1. The Labute approximate surface area is 149 Å². The zero-order valence-corrected chi connectivity index (χ0v) is 14.2. The number of benzene rings is 2. The lowest BCUT2D eigenvalue weighted by atomic mass is 9.87. The van der Waals surface area contributed by atoms with Crippen LogP contribution in [0.25, 0.3) is 11.4 Å². The van der Waals surface area contributed by atoms with Gasteiger partial charge in [-0.25, -0.2) is 4.98 Å². The Bertz CT molecular complexity index is 1010. The lowest BCUT2D eigenvalue weighted by molar-refractivity contribution is -0.116. The molecule has 2 aromatic carbocycles. The first-order valence-corrected chi connectivity index (χ1v) is 8.29. The molecule has 6 nitrogen and oxygen atoms in total. The SMILES string of the molecule is COc1ccc([C@H]2CC(=O)Nc3nc(-c4ccccc4)[nH]c(=O)c32)cc1. The Kier molecular flexibility index (Phi) is 4.01. The molecule has 130 valence electrons. The second kappa shape index (κ2) is 6.48. The van der Waals surface area contributed by atoms with Crippen LogP contribution in [0.15, 0.2) is 59.4 Å². The van der Waals surface area contributed by atoms with Crippen molar-refractivity contribution < 1.29 is 9.53 Å². The summed E-state index contributed by atoms with van der Waals surface area (Å²) in [6.07, 6.45) is 0.203. The van der Waals surface area contributed by atoms with Crippen LogP contribution in [-0.2, 0) is 4.79 Å². The average molecular weight is 347 g/mol. The summed E-state index contributed by atoms with van der Waals surface area (Å²) in [4.78, 5) is 32.3. The predicted octanol–water partition coefficient (Wildman–Crippen LogP) is 2.92. The van der Waals surface area contributed by atoms with Gasteiger partial charge in [0.2, 0.25) is 5.91 Å². The van der Waals surface area contributed by atoms with Crippen molar-refractivity contribution in [3.05, 3.63) is 76.1 Å². The maximum atomic E-state index is 12.8. The van der Waals surface area contributed by atoms with Crippen LogP contribution in [0.4, 0.5) is 5.82 Å². The monoisotopic (exact) mass is 347 g/mol. The highest BCUT2D eigenvalue weighted by Crippen LogP contribution is 2.35. The third-order valence-electron chi connectivity index (χ3n) is 4.52. The molecule has 1 aliphatic heterocycles. The van der Waals surface area contributed by atoms with Crippen LogP contribution in [0.3, 0.4) is 0 Å². The molecule has 0 radical (unpaired) electrons. The van der Waals surface area contributed by atoms with Crippen LogP contribution in [0.1, 0.15) is 23.5 Å². The summed E-state index contributed by atoms with van der Waals surface area (Å²) < 4.78 is 5.18. The Hall–Kier alpha value is -3.41. The van der Waals surface area contributed by atoms with Crippen molar-refractivity contribution in [3.8, 4) is 17.1 Å². The maximum Gasteiger partial charge on any atom is 0.257 e. The van der Waals surface area contributed by atoms with E-state index in [-0.39, 0.29) is 23.8 Å². The number of H-pyrrole nitrogens is 1. The Morgan fingerprint density at radius 1 is 1.04 bits per heavy atom. The van der Waals surface area contributed by atoms with Crippen molar-refractivity contribution in [1.29, 1.82) is 0 Å². The number of ether oxygens (including phenoxy) is 1. The largest absolute Gasteiger partial charge is 0.497 e. The number of fused-ring (bicyclic) bond motifs is 1. The summed E-state index contributed by atoms with van der Waals surface area (Å²) in [5, 5.41) is 2.74. The molecule has 26 heavy (non-hydrogen) atoms. The molecular formula is C20H17N3O3. The van der Waals surface area contributed by atoms with Crippen molar-refractivity contribution >= 4 is 11.7 Å². The van der Waals surface area contributed by atoms with Gasteiger partial charge < -0.3 is 15.0 Å². The molecule has 1 aliphatic rings. The van der Waals surface area contributed by atoms with E-state index >= 15 is 0 Å². The zero-order chi connectivity index (χ0) is 18.1. The first-order valence-electron chi connectivity index (χ1n) is 8.29. The maximum absolute atomic E-state index is 12.8. The van der Waals surface area contributed by atoms with E-state index in [0.717, 1.165) is 16.9 Å². The fourth-order valence-electron chi connectivity index (χ4n) is 3.22. The number of carbonyl (C=O) groups is 1. The molecule has 1 aromatic heterocycles. The van der Waals surface area contributed by atoms with E-state index in [1.807, 2.05) is 54.6 Å². The molecule has 6 heteroatoms. The number of methoxy groups -OCH3 is 1. The summed E-state index contributed by atoms with van der Waals surface area (Å²) in [7, 11) is 1.60. The normalized spacial score (nSPS) is 15.9. The first-order chi connectivity index (χ1) is 12.7. The molecule has 0 fully saturated rings. The lowest BCUT2D eigenvalue weighted by Gasteiger charge is -2.24. The van der Waals surface area contributed by atoms with E-state index in [1.165, 1.54) is 0 Å². The number of hydrogen-bond donors (Lipinski definition) is 2. The summed E-state index contributed by atoms with van der Waals surface area (Å²) in [6, 6.07) is 16.7. The molecular weight excluding hydrogens is 330 g/mol. The van der Waals surface area contributed by atoms with E-state index in [4.69, 9.17) is 4.74 Å². The van der Waals surface area contributed by atoms with Gasteiger partial charge >= 0.3 is 0 Å². The molecule has 0 bridgehead atoms. The number of hydrogen-bond acceptors (Lipinski definition) is 4. The van der Waals surface area contributed by atoms with Gasteiger partial charge in [-0.2, -0.15) is 0 Å². The fourth-order valence-corrected chi connectivity index (χ4v) is 3.22. The molecule has 0 saturated carbocycles. The van der Waals surface area contributed by atoms with Gasteiger partial charge in [-0.05, 0) is 17.7 Å². The zero-order valence-electron chi connectivity index (χ0n) is 14.2. The number of aromatic nitrogens is 2. The second-order valence-electron chi connectivity index (χ2n) is 6.12. The summed E-state index contributed by atoms with van der Waals surface area (Å²) in [5.74, 6) is 0.983. The molecule has 3 aromatic rings. The van der Waals surface area contributed by atoms with Gasteiger partial charge in [-0.15, -0.1) is 0 Å². The highest BCUT2D eigenvalue weighted by Gasteiger charge is 2.31. The molecule has 1 amide bonds. The number of amides is 1. The van der Waals surface area contributed by atoms with E-state index in [1.54, 1.807) is 7.11 Å². The minimum atomic E-state index is -0.342. The van der Waals surface area contributed by atoms with E-state index < -0.39 is 0 Å². The summed E-state index contributed by atoms with van der Waals surface area (Å²) >= 11 is 0. The van der Waals surface area contributed by atoms with E-state index in [9.17, 15) is 9.59 Å². The Balaban J connectivity index is 1.82. The molecule has 1 atom stereocenters. The highest BCUT2D eigenvalue weighted by atomic mass is 16.5. The number of carbonyl (C=O) groups excluding carboxylic acids is 1. The molecule has 0 spiro atoms. The van der Waals surface area contributed by atoms with Crippen molar-refractivity contribution in [2.45, 2.75) is 12.3 Å². The minimum absolute atomic E-state index is 0.157. The van der Waals surface area contributed by atoms with Crippen LogP contribution in [0, 0.1) is 0 Å². The summed E-state index contributed by atoms with van der Waals surface area (Å²) in [6.45, 7) is 0. The third kappa shape index (κ3) is 2.86. The van der Waals surface area contributed by atoms with Crippen molar-refractivity contribution in [2.24, 2.45) is 0 Å². The molecule has 2 N–H and O–H groups in total. The van der Waals surface area contributed by atoms with Crippen molar-refractivity contribution in [2.75, 3.05) is 12.4 Å². The number of aromatic amines is 1. The quantitative estimate of drug-likeness (QED) is 0.763. The average Bonchev–Trinajstić information content (AvgIpc) is 2.67. The van der Waals surface area contributed by atoms with Crippen LogP contribution in [0.2, 0.25) is 0 Å². The highest BCUT2D eigenvalue weighted by molar-refractivity contribution is 5.94. The standard InChI is InChI=1S/C20H17N3O3/c1-26-14-9-7-12(8-10-14)15-11-16(24)21-19-17(15)20(25)23-18(22-19)13-5-3-2-4-6-13/h2-10,15H,11H2,1H3,(H2,21,22,23,24,25)/t15-/m1/s1. The van der Waals surface area contributed by atoms with Gasteiger partial charge in [0.15, 0.2) is 0 Å². The fraction of sp³-hybridized carbons (Fsp3) is 0.150. The van der Waals surface area contributed by atoms with Gasteiger partial charge in [0.25, 0.3) is 5.56 Å². The second-order valence-corrected chi connectivity index (χ2v) is 6.12. The number of nitrogens with one attached hydrogen (secondary N) is 2. The third-order valence-corrected chi connectivity index (χ3v) is 4.52. The summed E-state index contributed by atoms with van der Waals surface area (Å²) in [5.41, 5.74) is 1.90. The van der Waals surface area contributed by atoms with E-state index in [2.05, 4.69) is 15.3 Å². The Morgan fingerprint density at radius 3 is 2.46 bits per heavy atom.